The van der Waals surface area contributed by atoms with Crippen LogP contribution >= 0.6 is 0 Å². The minimum atomic E-state index is -0.550. The summed E-state index contributed by atoms with van der Waals surface area (Å²) < 4.78 is 5.21. The molecule has 2 amide bonds. The number of amides is 2. The van der Waals surface area contributed by atoms with Crippen molar-refractivity contribution in [3.05, 3.63) is 71.3 Å². The molecule has 1 fully saturated rings. The maximum Gasteiger partial charge on any atom is 0.417 e. The molecular formula is C23H27NO3. The van der Waals surface area contributed by atoms with Crippen molar-refractivity contribution in [1.82, 2.24) is 4.90 Å². The number of aryl methyl sites for hydroxylation is 1. The summed E-state index contributed by atoms with van der Waals surface area (Å²) in [4.78, 5) is 26.8. The Hall–Kier alpha value is -2.62. The van der Waals surface area contributed by atoms with Gasteiger partial charge in [-0.05, 0) is 29.4 Å². The van der Waals surface area contributed by atoms with Crippen LogP contribution in [0.1, 0.15) is 55.8 Å². The molecule has 1 aliphatic rings. The van der Waals surface area contributed by atoms with Crippen LogP contribution in [0.5, 0.6) is 0 Å². The molecule has 0 spiro atoms. The summed E-state index contributed by atoms with van der Waals surface area (Å²) in [6.45, 7) is 8.65. The van der Waals surface area contributed by atoms with Crippen LogP contribution in [0.25, 0.3) is 0 Å². The van der Waals surface area contributed by atoms with Gasteiger partial charge in [0.2, 0.25) is 5.91 Å². The Labute approximate surface area is 161 Å². The molecule has 0 N–H and O–H groups in total. The number of imide groups is 1. The molecule has 142 valence electrons. The Morgan fingerprint density at radius 2 is 1.85 bits per heavy atom. The topological polar surface area (TPSA) is 46.6 Å². The largest absolute Gasteiger partial charge is 0.446 e. The van der Waals surface area contributed by atoms with Crippen molar-refractivity contribution in [2.24, 2.45) is 5.41 Å². The van der Waals surface area contributed by atoms with Gasteiger partial charge in [-0.2, -0.15) is 0 Å². The molecule has 4 nitrogen and oxygen atoms in total. The van der Waals surface area contributed by atoms with Crippen LogP contribution in [0.3, 0.4) is 0 Å². The first-order chi connectivity index (χ1) is 12.8. The number of ether oxygens (including phenoxy) is 1. The second-order valence-corrected chi connectivity index (χ2v) is 8.30. The van der Waals surface area contributed by atoms with Crippen molar-refractivity contribution in [2.45, 2.75) is 46.1 Å². The number of cyclic esters (lactones) is 1. The van der Waals surface area contributed by atoms with Gasteiger partial charge in [-0.25, -0.2) is 9.69 Å². The second kappa shape index (κ2) is 7.55. The van der Waals surface area contributed by atoms with Crippen LogP contribution in [-0.2, 0) is 9.53 Å². The van der Waals surface area contributed by atoms with E-state index in [0.717, 1.165) is 16.7 Å². The zero-order chi connectivity index (χ0) is 19.6. The Balaban J connectivity index is 1.87. The number of hydrogen-bond donors (Lipinski definition) is 0. The van der Waals surface area contributed by atoms with Gasteiger partial charge in [0.15, 0.2) is 0 Å². The van der Waals surface area contributed by atoms with Gasteiger partial charge in [-0.3, -0.25) is 4.79 Å². The molecule has 2 atom stereocenters. The molecule has 2 aromatic carbocycles. The number of carbonyl (C=O) groups excluding carboxylic acids is 2. The van der Waals surface area contributed by atoms with Crippen molar-refractivity contribution in [1.29, 1.82) is 0 Å². The highest BCUT2D eigenvalue weighted by Crippen LogP contribution is 2.39. The molecule has 0 saturated carbocycles. The van der Waals surface area contributed by atoms with E-state index < -0.39 is 6.09 Å². The SMILES string of the molecule is Cc1cccc([C@@H](CC(=O)N2C(=O)OC[C@@H]2c2ccccc2)C(C)(C)C)c1. The van der Waals surface area contributed by atoms with Crippen molar-refractivity contribution in [2.75, 3.05) is 6.61 Å². The van der Waals surface area contributed by atoms with Crippen LogP contribution in [-0.4, -0.2) is 23.5 Å². The quantitative estimate of drug-likeness (QED) is 0.745. The van der Waals surface area contributed by atoms with Gasteiger partial charge in [-0.15, -0.1) is 0 Å². The zero-order valence-corrected chi connectivity index (χ0v) is 16.4. The number of hydrogen-bond acceptors (Lipinski definition) is 3. The van der Waals surface area contributed by atoms with Crippen molar-refractivity contribution < 1.29 is 14.3 Å². The van der Waals surface area contributed by atoms with E-state index in [2.05, 4.69) is 32.9 Å². The fourth-order valence-corrected chi connectivity index (χ4v) is 3.70. The predicted molar refractivity (Wildman–Crippen MR) is 105 cm³/mol. The van der Waals surface area contributed by atoms with E-state index in [-0.39, 0.29) is 36.3 Å². The summed E-state index contributed by atoms with van der Waals surface area (Å²) >= 11 is 0. The maximum atomic E-state index is 13.2. The third-order valence-corrected chi connectivity index (χ3v) is 5.19. The molecule has 1 saturated heterocycles. The lowest BCUT2D eigenvalue weighted by Gasteiger charge is -2.32. The normalized spacial score (nSPS) is 18.3. The maximum absolute atomic E-state index is 13.2. The third kappa shape index (κ3) is 4.21. The van der Waals surface area contributed by atoms with E-state index in [1.54, 1.807) is 0 Å². The molecule has 1 heterocycles. The molecule has 2 aromatic rings. The summed E-state index contributed by atoms with van der Waals surface area (Å²) in [5.74, 6) is -0.178. The highest BCUT2D eigenvalue weighted by Gasteiger charge is 2.40. The molecule has 4 heteroatoms. The predicted octanol–water partition coefficient (Wildman–Crippen LogP) is 5.23. The summed E-state index contributed by atoms with van der Waals surface area (Å²) in [5, 5.41) is 0. The van der Waals surface area contributed by atoms with Crippen LogP contribution in [0.15, 0.2) is 54.6 Å². The average Bonchev–Trinajstić information content (AvgIpc) is 3.01. The van der Waals surface area contributed by atoms with Gasteiger partial charge in [-0.1, -0.05) is 80.9 Å². The highest BCUT2D eigenvalue weighted by atomic mass is 16.6. The molecule has 0 unspecified atom stereocenters. The molecule has 1 aliphatic heterocycles. The van der Waals surface area contributed by atoms with Crippen LogP contribution < -0.4 is 0 Å². The van der Waals surface area contributed by atoms with Crippen LogP contribution in [0.4, 0.5) is 4.79 Å². The van der Waals surface area contributed by atoms with E-state index in [4.69, 9.17) is 4.74 Å². The van der Waals surface area contributed by atoms with Gasteiger partial charge < -0.3 is 4.74 Å². The Kier molecular flexibility index (Phi) is 5.36. The standard InChI is InChI=1S/C23H27NO3/c1-16-9-8-12-18(13-16)19(23(2,3)4)14-21(25)24-20(15-27-22(24)26)17-10-6-5-7-11-17/h5-13,19-20H,14-15H2,1-4H3/t19-,20-/m1/s1. The van der Waals surface area contributed by atoms with Gasteiger partial charge in [0.1, 0.15) is 12.6 Å². The minimum Gasteiger partial charge on any atom is -0.446 e. The lowest BCUT2D eigenvalue weighted by Crippen LogP contribution is -2.36. The van der Waals surface area contributed by atoms with Gasteiger partial charge >= 0.3 is 6.09 Å². The van der Waals surface area contributed by atoms with Crippen LogP contribution in [0, 0.1) is 12.3 Å². The van der Waals surface area contributed by atoms with Crippen molar-refractivity contribution >= 4 is 12.0 Å². The average molecular weight is 365 g/mol. The molecule has 0 aliphatic carbocycles. The summed E-state index contributed by atoms with van der Waals surface area (Å²) in [5.41, 5.74) is 3.09. The first-order valence-corrected chi connectivity index (χ1v) is 9.37. The molecule has 0 aromatic heterocycles. The van der Waals surface area contributed by atoms with E-state index in [0.29, 0.717) is 0 Å². The minimum absolute atomic E-state index is 0.00900. The monoisotopic (exact) mass is 365 g/mol. The van der Waals surface area contributed by atoms with Crippen molar-refractivity contribution in [3.8, 4) is 0 Å². The lowest BCUT2D eigenvalue weighted by molar-refractivity contribution is -0.130. The van der Waals surface area contributed by atoms with E-state index in [1.165, 1.54) is 4.90 Å². The number of carbonyl (C=O) groups is 2. The summed E-state index contributed by atoms with van der Waals surface area (Å²) in [6, 6.07) is 17.5. The van der Waals surface area contributed by atoms with E-state index >= 15 is 0 Å². The third-order valence-electron chi connectivity index (χ3n) is 5.19. The first-order valence-electron chi connectivity index (χ1n) is 9.37. The zero-order valence-electron chi connectivity index (χ0n) is 16.4. The fourth-order valence-electron chi connectivity index (χ4n) is 3.70. The summed E-state index contributed by atoms with van der Waals surface area (Å²) in [6.07, 6.45) is -0.281. The Bertz CT molecular complexity index is 823. The second-order valence-electron chi connectivity index (χ2n) is 8.30. The first kappa shape index (κ1) is 19.2. The molecule has 0 radical (unpaired) electrons. The number of benzene rings is 2. The van der Waals surface area contributed by atoms with Gasteiger partial charge in [0.25, 0.3) is 0 Å². The molecule has 27 heavy (non-hydrogen) atoms. The Morgan fingerprint density at radius 3 is 2.48 bits per heavy atom. The lowest BCUT2D eigenvalue weighted by atomic mass is 9.74. The molecule has 3 rings (SSSR count). The van der Waals surface area contributed by atoms with Gasteiger partial charge in [0.05, 0.1) is 0 Å². The van der Waals surface area contributed by atoms with E-state index in [1.807, 2.05) is 49.4 Å². The molecule has 0 bridgehead atoms. The van der Waals surface area contributed by atoms with Gasteiger partial charge in [0, 0.05) is 6.42 Å². The number of rotatable bonds is 4. The van der Waals surface area contributed by atoms with E-state index in [9.17, 15) is 9.59 Å². The Morgan fingerprint density at radius 1 is 1.15 bits per heavy atom. The smallest absolute Gasteiger partial charge is 0.417 e. The van der Waals surface area contributed by atoms with Crippen LogP contribution in [0.2, 0.25) is 0 Å². The number of nitrogens with zero attached hydrogens (tertiary/aromatic N) is 1. The van der Waals surface area contributed by atoms with Crippen molar-refractivity contribution in [3.63, 3.8) is 0 Å². The fraction of sp³-hybridized carbons (Fsp3) is 0.391. The molecular weight excluding hydrogens is 338 g/mol. The summed E-state index contributed by atoms with van der Waals surface area (Å²) in [7, 11) is 0. The highest BCUT2D eigenvalue weighted by molar-refractivity contribution is 5.94.